The molecule has 2 aromatic rings. The normalized spacial score (nSPS) is 16.8. The maximum absolute atomic E-state index is 12.4. The van der Waals surface area contributed by atoms with Crippen molar-refractivity contribution >= 4 is 5.91 Å². The van der Waals surface area contributed by atoms with E-state index in [4.69, 9.17) is 10.2 Å². The molecular weight excluding hydrogens is 288 g/mol. The van der Waals surface area contributed by atoms with E-state index >= 15 is 0 Å². The molecule has 1 heterocycles. The van der Waals surface area contributed by atoms with Crippen molar-refractivity contribution in [2.45, 2.75) is 38.6 Å². The highest BCUT2D eigenvalue weighted by molar-refractivity contribution is 5.92. The van der Waals surface area contributed by atoms with Crippen LogP contribution in [-0.4, -0.2) is 18.0 Å². The third-order valence-electron chi connectivity index (χ3n) is 4.78. The fraction of sp³-hybridized carbons (Fsp3) is 0.421. The van der Waals surface area contributed by atoms with Gasteiger partial charge in [-0.2, -0.15) is 0 Å². The number of nitrogens with one attached hydrogen (secondary N) is 1. The molecule has 0 radical (unpaired) electrons. The molecule has 1 saturated carbocycles. The van der Waals surface area contributed by atoms with Crippen molar-refractivity contribution in [2.24, 2.45) is 11.7 Å². The number of furan rings is 1. The van der Waals surface area contributed by atoms with Crippen LogP contribution in [0.5, 0.6) is 0 Å². The second-order valence-corrected chi connectivity index (χ2v) is 6.56. The van der Waals surface area contributed by atoms with Crippen LogP contribution in [0.2, 0.25) is 0 Å². The average molecular weight is 312 g/mol. The van der Waals surface area contributed by atoms with Crippen molar-refractivity contribution in [3.63, 3.8) is 0 Å². The molecule has 122 valence electrons. The Morgan fingerprint density at radius 3 is 2.52 bits per heavy atom. The summed E-state index contributed by atoms with van der Waals surface area (Å²) < 4.78 is 5.74. The third kappa shape index (κ3) is 3.32. The number of benzene rings is 1. The number of rotatable bonds is 6. The van der Waals surface area contributed by atoms with Gasteiger partial charge in [0.15, 0.2) is 5.76 Å². The lowest BCUT2D eigenvalue weighted by Gasteiger charge is -2.28. The van der Waals surface area contributed by atoms with Gasteiger partial charge in [0.2, 0.25) is 0 Å². The Bertz CT molecular complexity index is 686. The Labute approximate surface area is 137 Å². The second kappa shape index (κ2) is 6.20. The van der Waals surface area contributed by atoms with Gasteiger partial charge in [0.25, 0.3) is 5.91 Å². The van der Waals surface area contributed by atoms with Gasteiger partial charge in [0.05, 0.1) is 5.54 Å². The molecule has 1 aliphatic rings. The van der Waals surface area contributed by atoms with Crippen molar-refractivity contribution in [1.82, 2.24) is 5.32 Å². The monoisotopic (exact) mass is 312 g/mol. The molecule has 4 nitrogen and oxygen atoms in total. The van der Waals surface area contributed by atoms with E-state index in [-0.39, 0.29) is 11.4 Å². The Morgan fingerprint density at radius 1 is 1.26 bits per heavy atom. The zero-order chi connectivity index (χ0) is 16.4. The quantitative estimate of drug-likeness (QED) is 0.859. The lowest BCUT2D eigenvalue weighted by Crippen LogP contribution is -2.53. The van der Waals surface area contributed by atoms with Crippen LogP contribution in [0.4, 0.5) is 0 Å². The molecule has 3 N–H and O–H groups in total. The van der Waals surface area contributed by atoms with E-state index in [2.05, 4.69) is 24.4 Å². The van der Waals surface area contributed by atoms with Gasteiger partial charge in [0.1, 0.15) is 5.76 Å². The summed E-state index contributed by atoms with van der Waals surface area (Å²) in [4.78, 5) is 12.4. The fourth-order valence-electron chi connectivity index (χ4n) is 2.88. The topological polar surface area (TPSA) is 68.3 Å². The predicted molar refractivity (Wildman–Crippen MR) is 91.2 cm³/mol. The van der Waals surface area contributed by atoms with E-state index in [1.165, 1.54) is 5.56 Å². The number of carbonyl (C=O) groups is 1. The molecule has 1 aliphatic carbocycles. The number of nitrogens with two attached hydrogens (primary N) is 1. The molecule has 0 bridgehead atoms. The minimum absolute atomic E-state index is 0.193. The molecule has 1 amide bonds. The number of amides is 1. The van der Waals surface area contributed by atoms with E-state index in [1.807, 2.05) is 25.1 Å². The maximum Gasteiger partial charge on any atom is 0.287 e. The molecule has 1 atom stereocenters. The minimum Gasteiger partial charge on any atom is -0.451 e. The van der Waals surface area contributed by atoms with Crippen LogP contribution < -0.4 is 11.1 Å². The van der Waals surface area contributed by atoms with Crippen LogP contribution in [0.25, 0.3) is 11.3 Å². The average Bonchev–Trinajstić information content (AvgIpc) is 3.32. The Balaban J connectivity index is 1.74. The zero-order valence-electron chi connectivity index (χ0n) is 13.8. The Hall–Kier alpha value is -2.07. The first kappa shape index (κ1) is 15.8. The highest BCUT2D eigenvalue weighted by Crippen LogP contribution is 2.39. The van der Waals surface area contributed by atoms with Gasteiger partial charge in [-0.15, -0.1) is 0 Å². The van der Waals surface area contributed by atoms with Crippen molar-refractivity contribution in [3.05, 3.63) is 47.7 Å². The van der Waals surface area contributed by atoms with Crippen LogP contribution in [0.1, 0.15) is 42.8 Å². The van der Waals surface area contributed by atoms with Crippen molar-refractivity contribution < 1.29 is 9.21 Å². The van der Waals surface area contributed by atoms with Gasteiger partial charge in [-0.05, 0) is 49.8 Å². The van der Waals surface area contributed by atoms with Crippen molar-refractivity contribution in [2.75, 3.05) is 6.54 Å². The second-order valence-electron chi connectivity index (χ2n) is 6.56. The minimum atomic E-state index is -0.340. The standard InChI is InChI=1S/C19H24N2O2/c1-3-13-4-6-14(7-5-13)16-10-11-17(23-16)18(22)21-19(2,12-20)15-8-9-15/h4-7,10-11,15H,3,8-9,12,20H2,1-2H3,(H,21,22). The molecule has 1 unspecified atom stereocenters. The van der Waals surface area contributed by atoms with E-state index in [1.54, 1.807) is 6.07 Å². The van der Waals surface area contributed by atoms with Gasteiger partial charge >= 0.3 is 0 Å². The van der Waals surface area contributed by atoms with Gasteiger partial charge in [-0.3, -0.25) is 4.79 Å². The van der Waals surface area contributed by atoms with Gasteiger partial charge in [0, 0.05) is 12.1 Å². The summed E-state index contributed by atoms with van der Waals surface area (Å²) in [5.41, 5.74) is 7.77. The molecule has 1 aromatic heterocycles. The summed E-state index contributed by atoms with van der Waals surface area (Å²) in [6, 6.07) is 11.8. The van der Waals surface area contributed by atoms with Crippen LogP contribution in [0.15, 0.2) is 40.8 Å². The molecular formula is C19H24N2O2. The summed E-state index contributed by atoms with van der Waals surface area (Å²) in [6.07, 6.45) is 3.26. The molecule has 0 spiro atoms. The Kier molecular flexibility index (Phi) is 4.26. The Morgan fingerprint density at radius 2 is 1.96 bits per heavy atom. The number of carbonyl (C=O) groups excluding carboxylic acids is 1. The van der Waals surface area contributed by atoms with E-state index in [9.17, 15) is 4.79 Å². The molecule has 1 fully saturated rings. The number of hydrogen-bond acceptors (Lipinski definition) is 3. The first-order valence-corrected chi connectivity index (χ1v) is 8.27. The van der Waals surface area contributed by atoms with Crippen LogP contribution >= 0.6 is 0 Å². The highest BCUT2D eigenvalue weighted by Gasteiger charge is 2.42. The fourth-order valence-corrected chi connectivity index (χ4v) is 2.88. The maximum atomic E-state index is 12.4. The van der Waals surface area contributed by atoms with Crippen LogP contribution in [0, 0.1) is 5.92 Å². The smallest absolute Gasteiger partial charge is 0.287 e. The molecule has 4 heteroatoms. The van der Waals surface area contributed by atoms with E-state index in [0.29, 0.717) is 24.0 Å². The lowest BCUT2D eigenvalue weighted by molar-refractivity contribution is 0.0870. The predicted octanol–water partition coefficient (Wildman–Crippen LogP) is 3.37. The van der Waals surface area contributed by atoms with Gasteiger partial charge in [-0.1, -0.05) is 31.2 Å². The SMILES string of the molecule is CCc1ccc(-c2ccc(C(=O)NC(C)(CN)C3CC3)o2)cc1. The lowest BCUT2D eigenvalue weighted by atomic mass is 9.96. The summed E-state index contributed by atoms with van der Waals surface area (Å²) in [7, 11) is 0. The number of hydrogen-bond donors (Lipinski definition) is 2. The molecule has 0 saturated heterocycles. The van der Waals surface area contributed by atoms with E-state index in [0.717, 1.165) is 24.8 Å². The molecule has 3 rings (SSSR count). The molecule has 0 aliphatic heterocycles. The largest absolute Gasteiger partial charge is 0.451 e. The first-order chi connectivity index (χ1) is 11.1. The summed E-state index contributed by atoms with van der Waals surface area (Å²) >= 11 is 0. The van der Waals surface area contributed by atoms with E-state index < -0.39 is 0 Å². The first-order valence-electron chi connectivity index (χ1n) is 8.27. The summed E-state index contributed by atoms with van der Waals surface area (Å²) in [6.45, 7) is 4.57. The summed E-state index contributed by atoms with van der Waals surface area (Å²) in [5.74, 6) is 1.33. The van der Waals surface area contributed by atoms with Crippen LogP contribution in [0.3, 0.4) is 0 Å². The van der Waals surface area contributed by atoms with Crippen molar-refractivity contribution in [1.29, 1.82) is 0 Å². The third-order valence-corrected chi connectivity index (χ3v) is 4.78. The molecule has 23 heavy (non-hydrogen) atoms. The summed E-state index contributed by atoms with van der Waals surface area (Å²) in [5, 5.41) is 3.05. The van der Waals surface area contributed by atoms with Crippen LogP contribution in [-0.2, 0) is 6.42 Å². The zero-order valence-corrected chi connectivity index (χ0v) is 13.8. The van der Waals surface area contributed by atoms with Gasteiger partial charge in [-0.25, -0.2) is 0 Å². The highest BCUT2D eigenvalue weighted by atomic mass is 16.3. The molecule has 1 aromatic carbocycles. The van der Waals surface area contributed by atoms with Crippen molar-refractivity contribution in [3.8, 4) is 11.3 Å². The van der Waals surface area contributed by atoms with Gasteiger partial charge < -0.3 is 15.5 Å². The number of aryl methyl sites for hydroxylation is 1.